The van der Waals surface area contributed by atoms with Crippen LogP contribution in [0.4, 0.5) is 0 Å². The van der Waals surface area contributed by atoms with Crippen LogP contribution in [0.5, 0.6) is 0 Å². The minimum Gasteiger partial charge on any atom is -0.459 e. The Kier molecular flexibility index (Phi) is 14.0. The summed E-state index contributed by atoms with van der Waals surface area (Å²) in [5.41, 5.74) is 6.04. The lowest BCUT2D eigenvalue weighted by molar-refractivity contribution is 0.0254. The van der Waals surface area contributed by atoms with Gasteiger partial charge in [-0.15, -0.1) is 0 Å². The topological polar surface area (TPSA) is 35.5 Å². The normalized spacial score (nSPS) is 12.7. The summed E-state index contributed by atoms with van der Waals surface area (Å²) in [4.78, 5) is 13.4. The number of esters is 1. The molecule has 3 rings (SSSR count). The van der Waals surface area contributed by atoms with Crippen LogP contribution in [0.3, 0.4) is 0 Å². The zero-order chi connectivity index (χ0) is 28.6. The average molecular weight is 543 g/mol. The van der Waals surface area contributed by atoms with Crippen LogP contribution in [0.2, 0.25) is 0 Å². The van der Waals surface area contributed by atoms with E-state index in [1.165, 1.54) is 51.4 Å². The van der Waals surface area contributed by atoms with Gasteiger partial charge < -0.3 is 9.47 Å². The smallest absolute Gasteiger partial charge is 0.339 e. The lowest BCUT2D eigenvalue weighted by Gasteiger charge is -2.19. The Hall–Kier alpha value is -2.91. The molecular formula is C37H50O3. The summed E-state index contributed by atoms with van der Waals surface area (Å²) in [6.45, 7) is 6.48. The molecule has 0 heterocycles. The molecule has 216 valence electrons. The number of hydrogen-bond acceptors (Lipinski definition) is 3. The molecule has 0 aliphatic carbocycles. The number of carbonyl (C=O) groups is 1. The van der Waals surface area contributed by atoms with E-state index in [0.29, 0.717) is 5.56 Å². The van der Waals surface area contributed by atoms with E-state index in [2.05, 4.69) is 62.4 Å². The van der Waals surface area contributed by atoms with Crippen LogP contribution >= 0.6 is 0 Å². The molecule has 3 nitrogen and oxygen atoms in total. The van der Waals surface area contributed by atoms with Crippen molar-refractivity contribution < 1.29 is 14.3 Å². The van der Waals surface area contributed by atoms with Crippen molar-refractivity contribution in [2.75, 3.05) is 7.11 Å². The SMILES string of the molecule is CCCCCCCCCCCC(CCC)OC(=O)c1ccccc1-c1ccc(-c2ccc(C(C)OC)cc2)cc1. The number of methoxy groups -OCH3 is 1. The van der Waals surface area contributed by atoms with E-state index >= 15 is 0 Å². The maximum Gasteiger partial charge on any atom is 0.339 e. The average Bonchev–Trinajstić information content (AvgIpc) is 3.00. The van der Waals surface area contributed by atoms with Crippen LogP contribution in [0, 0.1) is 0 Å². The van der Waals surface area contributed by atoms with Gasteiger partial charge in [0.1, 0.15) is 6.10 Å². The highest BCUT2D eigenvalue weighted by Gasteiger charge is 2.19. The van der Waals surface area contributed by atoms with Gasteiger partial charge in [0.15, 0.2) is 0 Å². The van der Waals surface area contributed by atoms with Crippen LogP contribution in [0.15, 0.2) is 72.8 Å². The molecule has 0 aliphatic rings. The van der Waals surface area contributed by atoms with Gasteiger partial charge in [-0.1, -0.05) is 138 Å². The second-order valence-corrected chi connectivity index (χ2v) is 11.1. The van der Waals surface area contributed by atoms with Crippen molar-refractivity contribution in [3.05, 3.63) is 83.9 Å². The predicted octanol–water partition coefficient (Wildman–Crippen LogP) is 11.0. The van der Waals surface area contributed by atoms with E-state index < -0.39 is 0 Å². The van der Waals surface area contributed by atoms with Crippen LogP contribution in [0.1, 0.15) is 120 Å². The molecular weight excluding hydrogens is 492 g/mol. The molecule has 0 fully saturated rings. The Labute approximate surface area is 243 Å². The second-order valence-electron chi connectivity index (χ2n) is 11.1. The van der Waals surface area contributed by atoms with Crippen molar-refractivity contribution in [3.8, 4) is 22.3 Å². The van der Waals surface area contributed by atoms with Crippen LogP contribution in [0.25, 0.3) is 22.3 Å². The Morgan fingerprint density at radius 1 is 0.650 bits per heavy atom. The Morgan fingerprint density at radius 3 is 1.80 bits per heavy atom. The molecule has 3 aromatic carbocycles. The highest BCUT2D eigenvalue weighted by molar-refractivity contribution is 5.97. The van der Waals surface area contributed by atoms with Gasteiger partial charge in [-0.05, 0) is 60.1 Å². The van der Waals surface area contributed by atoms with E-state index in [0.717, 1.165) is 53.5 Å². The molecule has 0 amide bonds. The van der Waals surface area contributed by atoms with E-state index in [9.17, 15) is 4.79 Å². The number of rotatable bonds is 18. The van der Waals surface area contributed by atoms with Crippen LogP contribution in [-0.2, 0) is 9.47 Å². The summed E-state index contributed by atoms with van der Waals surface area (Å²) in [5.74, 6) is -0.211. The molecule has 0 saturated carbocycles. The zero-order valence-electron chi connectivity index (χ0n) is 25.3. The standard InChI is InChI=1S/C37H50O3/c1-5-7-8-9-10-11-12-13-14-18-34(17-6-2)40-37(38)36-20-16-15-19-35(36)33-27-25-32(26-28-33)31-23-21-30(22-24-31)29(3)39-4/h15-16,19-29,34H,5-14,17-18H2,1-4H3. The van der Waals surface area contributed by atoms with E-state index in [-0.39, 0.29) is 18.2 Å². The molecule has 40 heavy (non-hydrogen) atoms. The fraction of sp³-hybridized carbons (Fsp3) is 0.486. The van der Waals surface area contributed by atoms with E-state index in [4.69, 9.17) is 9.47 Å². The number of benzene rings is 3. The van der Waals surface area contributed by atoms with Gasteiger partial charge in [-0.3, -0.25) is 0 Å². The minimum atomic E-state index is -0.211. The summed E-state index contributed by atoms with van der Waals surface area (Å²) in [7, 11) is 1.73. The molecule has 0 aliphatic heterocycles. The van der Waals surface area contributed by atoms with Crippen molar-refractivity contribution in [1.82, 2.24) is 0 Å². The summed E-state index contributed by atoms with van der Waals surface area (Å²) in [6.07, 6.45) is 14.7. The molecule has 3 aromatic rings. The quantitative estimate of drug-likeness (QED) is 0.118. The summed E-state index contributed by atoms with van der Waals surface area (Å²) in [5, 5.41) is 0. The first-order valence-corrected chi connectivity index (χ1v) is 15.6. The third kappa shape index (κ3) is 9.93. The first-order valence-electron chi connectivity index (χ1n) is 15.6. The first kappa shape index (κ1) is 31.6. The lowest BCUT2D eigenvalue weighted by Crippen LogP contribution is -2.19. The second kappa shape index (κ2) is 17.7. The van der Waals surface area contributed by atoms with Crippen molar-refractivity contribution in [1.29, 1.82) is 0 Å². The number of hydrogen-bond donors (Lipinski definition) is 0. The predicted molar refractivity (Wildman–Crippen MR) is 169 cm³/mol. The Balaban J connectivity index is 1.59. The highest BCUT2D eigenvalue weighted by atomic mass is 16.5. The van der Waals surface area contributed by atoms with Gasteiger partial charge >= 0.3 is 5.97 Å². The van der Waals surface area contributed by atoms with Gasteiger partial charge in [0.2, 0.25) is 0 Å². The van der Waals surface area contributed by atoms with Crippen LogP contribution in [-0.4, -0.2) is 19.2 Å². The van der Waals surface area contributed by atoms with Crippen molar-refractivity contribution in [2.45, 2.75) is 110 Å². The van der Waals surface area contributed by atoms with E-state index in [1.807, 2.05) is 31.2 Å². The Bertz CT molecular complexity index is 1120. The maximum absolute atomic E-state index is 13.4. The third-order valence-corrected chi connectivity index (χ3v) is 7.92. The summed E-state index contributed by atoms with van der Waals surface area (Å²) < 4.78 is 11.5. The molecule has 0 radical (unpaired) electrons. The molecule has 0 N–H and O–H groups in total. The Morgan fingerprint density at radius 2 is 1.20 bits per heavy atom. The van der Waals surface area contributed by atoms with Crippen molar-refractivity contribution in [3.63, 3.8) is 0 Å². The van der Waals surface area contributed by atoms with Crippen molar-refractivity contribution >= 4 is 5.97 Å². The molecule has 0 spiro atoms. The molecule has 3 heteroatoms. The van der Waals surface area contributed by atoms with Gasteiger partial charge in [-0.25, -0.2) is 4.79 Å². The molecule has 2 unspecified atom stereocenters. The fourth-order valence-corrected chi connectivity index (χ4v) is 5.32. The first-order chi connectivity index (χ1) is 19.6. The van der Waals surface area contributed by atoms with E-state index in [1.54, 1.807) is 7.11 Å². The van der Waals surface area contributed by atoms with Gasteiger partial charge in [0.05, 0.1) is 11.7 Å². The zero-order valence-corrected chi connectivity index (χ0v) is 25.3. The molecule has 0 bridgehead atoms. The summed E-state index contributed by atoms with van der Waals surface area (Å²) in [6, 6.07) is 24.7. The molecule has 0 saturated heterocycles. The molecule has 0 aromatic heterocycles. The van der Waals surface area contributed by atoms with Gasteiger partial charge in [-0.2, -0.15) is 0 Å². The monoisotopic (exact) mass is 542 g/mol. The van der Waals surface area contributed by atoms with Crippen LogP contribution < -0.4 is 0 Å². The number of unbranched alkanes of at least 4 members (excludes halogenated alkanes) is 8. The fourth-order valence-electron chi connectivity index (χ4n) is 5.32. The number of ether oxygens (including phenoxy) is 2. The van der Waals surface area contributed by atoms with Gasteiger partial charge in [0, 0.05) is 7.11 Å². The van der Waals surface area contributed by atoms with Crippen molar-refractivity contribution in [2.24, 2.45) is 0 Å². The summed E-state index contributed by atoms with van der Waals surface area (Å²) >= 11 is 0. The third-order valence-electron chi connectivity index (χ3n) is 7.92. The maximum atomic E-state index is 13.4. The van der Waals surface area contributed by atoms with Gasteiger partial charge in [0.25, 0.3) is 0 Å². The largest absolute Gasteiger partial charge is 0.459 e. The lowest BCUT2D eigenvalue weighted by atomic mass is 9.96. The highest BCUT2D eigenvalue weighted by Crippen LogP contribution is 2.29. The number of carbonyl (C=O) groups excluding carboxylic acids is 1. The molecule has 2 atom stereocenters. The minimum absolute atomic E-state index is 0.0127.